The molecular formula is C27H26FN3O3. The standard InChI is InChI=1S/C27H26FN3O3/c1-2-3-6-19-11-15-22(16-12-19)29-25(32)18-30-24-8-5-4-7-23(24)26(33)31(27(30)34)17-20-9-13-21(28)14-10-20/h4-5,7-16H,2-3,6,17-18H2,1H3,(H,29,32). The molecule has 0 spiro atoms. The molecule has 0 saturated heterocycles. The average Bonchev–Trinajstić information content (AvgIpc) is 2.85. The first-order valence-corrected chi connectivity index (χ1v) is 11.3. The van der Waals surface area contributed by atoms with Crippen molar-refractivity contribution in [1.29, 1.82) is 0 Å². The van der Waals surface area contributed by atoms with E-state index in [0.29, 0.717) is 22.2 Å². The van der Waals surface area contributed by atoms with Gasteiger partial charge in [-0.1, -0.05) is 49.7 Å². The number of aryl methyl sites for hydroxylation is 1. The summed E-state index contributed by atoms with van der Waals surface area (Å²) in [5.74, 6) is -0.775. The summed E-state index contributed by atoms with van der Waals surface area (Å²) in [6, 6.07) is 20.0. The van der Waals surface area contributed by atoms with Crippen molar-refractivity contribution in [2.45, 2.75) is 39.3 Å². The van der Waals surface area contributed by atoms with Crippen LogP contribution in [-0.4, -0.2) is 15.0 Å². The molecule has 1 aromatic heterocycles. The second kappa shape index (κ2) is 10.3. The van der Waals surface area contributed by atoms with E-state index in [1.165, 1.54) is 34.4 Å². The highest BCUT2D eigenvalue weighted by atomic mass is 19.1. The van der Waals surface area contributed by atoms with Crippen LogP contribution in [0, 0.1) is 5.82 Å². The van der Waals surface area contributed by atoms with Gasteiger partial charge in [-0.25, -0.2) is 9.18 Å². The molecule has 0 bridgehead atoms. The molecule has 0 aliphatic rings. The summed E-state index contributed by atoms with van der Waals surface area (Å²) in [6.45, 7) is 1.87. The zero-order valence-electron chi connectivity index (χ0n) is 19.0. The first-order valence-electron chi connectivity index (χ1n) is 11.3. The summed E-state index contributed by atoms with van der Waals surface area (Å²) in [5, 5.41) is 3.16. The molecule has 0 aliphatic heterocycles. The van der Waals surface area contributed by atoms with Crippen molar-refractivity contribution in [3.63, 3.8) is 0 Å². The van der Waals surface area contributed by atoms with Crippen LogP contribution in [0.4, 0.5) is 10.1 Å². The summed E-state index contributed by atoms with van der Waals surface area (Å²) in [4.78, 5) is 39.1. The maximum absolute atomic E-state index is 13.3. The van der Waals surface area contributed by atoms with Gasteiger partial charge in [0.2, 0.25) is 5.91 Å². The van der Waals surface area contributed by atoms with Gasteiger partial charge in [-0.05, 0) is 60.4 Å². The topological polar surface area (TPSA) is 73.1 Å². The van der Waals surface area contributed by atoms with E-state index in [4.69, 9.17) is 0 Å². The molecule has 0 aliphatic carbocycles. The number of rotatable bonds is 8. The summed E-state index contributed by atoms with van der Waals surface area (Å²) >= 11 is 0. The summed E-state index contributed by atoms with van der Waals surface area (Å²) in [7, 11) is 0. The van der Waals surface area contributed by atoms with Crippen LogP contribution in [0.5, 0.6) is 0 Å². The van der Waals surface area contributed by atoms with E-state index < -0.39 is 17.1 Å². The van der Waals surface area contributed by atoms with E-state index >= 15 is 0 Å². The molecular weight excluding hydrogens is 433 g/mol. The number of halogens is 1. The second-order valence-electron chi connectivity index (χ2n) is 8.25. The van der Waals surface area contributed by atoms with E-state index in [1.807, 2.05) is 24.3 Å². The van der Waals surface area contributed by atoms with Crippen LogP contribution in [0.15, 0.2) is 82.4 Å². The Morgan fingerprint density at radius 3 is 2.26 bits per heavy atom. The monoisotopic (exact) mass is 459 g/mol. The van der Waals surface area contributed by atoms with Crippen molar-refractivity contribution in [3.8, 4) is 0 Å². The lowest BCUT2D eigenvalue weighted by Crippen LogP contribution is -2.42. The molecule has 7 heteroatoms. The molecule has 4 aromatic rings. The molecule has 0 radical (unpaired) electrons. The predicted octanol–water partition coefficient (Wildman–Crippen LogP) is 4.33. The number of anilines is 1. The van der Waals surface area contributed by atoms with Crippen LogP contribution in [0.3, 0.4) is 0 Å². The van der Waals surface area contributed by atoms with E-state index in [2.05, 4.69) is 12.2 Å². The Labute approximate surface area is 196 Å². The lowest BCUT2D eigenvalue weighted by Gasteiger charge is -2.14. The fourth-order valence-electron chi connectivity index (χ4n) is 3.92. The van der Waals surface area contributed by atoms with Gasteiger partial charge in [-0.15, -0.1) is 0 Å². The van der Waals surface area contributed by atoms with Crippen molar-refractivity contribution in [2.24, 2.45) is 0 Å². The number of hydrogen-bond donors (Lipinski definition) is 1. The van der Waals surface area contributed by atoms with Gasteiger partial charge < -0.3 is 5.32 Å². The Bertz CT molecular complexity index is 1420. The maximum atomic E-state index is 13.3. The van der Waals surface area contributed by atoms with Gasteiger partial charge in [-0.3, -0.25) is 18.7 Å². The molecule has 0 atom stereocenters. The van der Waals surface area contributed by atoms with Gasteiger partial charge in [0.1, 0.15) is 12.4 Å². The number of carbonyl (C=O) groups excluding carboxylic acids is 1. The third-order valence-electron chi connectivity index (χ3n) is 5.74. The Balaban J connectivity index is 1.63. The molecule has 3 aromatic carbocycles. The van der Waals surface area contributed by atoms with E-state index in [9.17, 15) is 18.8 Å². The molecule has 6 nitrogen and oxygen atoms in total. The highest BCUT2D eigenvalue weighted by molar-refractivity contribution is 5.91. The number of hydrogen-bond acceptors (Lipinski definition) is 3. The zero-order valence-corrected chi connectivity index (χ0v) is 19.0. The molecule has 34 heavy (non-hydrogen) atoms. The van der Waals surface area contributed by atoms with Crippen molar-refractivity contribution in [2.75, 3.05) is 5.32 Å². The van der Waals surface area contributed by atoms with Crippen molar-refractivity contribution < 1.29 is 9.18 Å². The van der Waals surface area contributed by atoms with Crippen molar-refractivity contribution in [1.82, 2.24) is 9.13 Å². The first kappa shape index (κ1) is 23.2. The SMILES string of the molecule is CCCCc1ccc(NC(=O)Cn2c(=O)n(Cc3ccc(F)cc3)c(=O)c3ccccc32)cc1. The minimum Gasteiger partial charge on any atom is -0.325 e. The highest BCUT2D eigenvalue weighted by Gasteiger charge is 2.16. The Morgan fingerprint density at radius 2 is 1.56 bits per heavy atom. The maximum Gasteiger partial charge on any atom is 0.332 e. The number of carbonyl (C=O) groups is 1. The summed E-state index contributed by atoms with van der Waals surface area (Å²) in [6.07, 6.45) is 3.21. The molecule has 1 amide bonds. The second-order valence-corrected chi connectivity index (χ2v) is 8.25. The number of amides is 1. The first-order chi connectivity index (χ1) is 16.5. The van der Waals surface area contributed by atoms with Crippen LogP contribution in [0.2, 0.25) is 0 Å². The summed E-state index contributed by atoms with van der Waals surface area (Å²) < 4.78 is 15.6. The molecule has 0 unspecified atom stereocenters. The Hall–Kier alpha value is -4.00. The minimum atomic E-state index is -0.599. The minimum absolute atomic E-state index is 0.0242. The van der Waals surface area contributed by atoms with Gasteiger partial charge in [-0.2, -0.15) is 0 Å². The van der Waals surface area contributed by atoms with Crippen LogP contribution in [0.1, 0.15) is 30.9 Å². The van der Waals surface area contributed by atoms with Crippen LogP contribution >= 0.6 is 0 Å². The third-order valence-corrected chi connectivity index (χ3v) is 5.74. The van der Waals surface area contributed by atoms with Gasteiger partial charge in [0.05, 0.1) is 17.4 Å². The smallest absolute Gasteiger partial charge is 0.325 e. The number of para-hydroxylation sites is 1. The summed E-state index contributed by atoms with van der Waals surface area (Å²) in [5.41, 5.74) is 1.78. The van der Waals surface area contributed by atoms with Crippen LogP contribution in [0.25, 0.3) is 10.9 Å². The van der Waals surface area contributed by atoms with E-state index in [-0.39, 0.29) is 19.0 Å². The lowest BCUT2D eigenvalue weighted by atomic mass is 10.1. The third kappa shape index (κ3) is 5.14. The molecule has 1 heterocycles. The number of unbranched alkanes of at least 4 members (excludes halogenated alkanes) is 1. The quantitative estimate of drug-likeness (QED) is 0.426. The molecule has 174 valence electrons. The van der Waals surface area contributed by atoms with Gasteiger partial charge in [0.15, 0.2) is 0 Å². The van der Waals surface area contributed by atoms with Crippen molar-refractivity contribution in [3.05, 3.63) is 111 Å². The van der Waals surface area contributed by atoms with Gasteiger partial charge >= 0.3 is 5.69 Å². The van der Waals surface area contributed by atoms with E-state index in [1.54, 1.807) is 24.3 Å². The Morgan fingerprint density at radius 1 is 0.882 bits per heavy atom. The number of benzene rings is 3. The molecule has 0 fully saturated rings. The lowest BCUT2D eigenvalue weighted by molar-refractivity contribution is -0.116. The van der Waals surface area contributed by atoms with Gasteiger partial charge in [0, 0.05) is 5.69 Å². The number of aromatic nitrogens is 2. The number of nitrogens with zero attached hydrogens (tertiary/aromatic N) is 2. The van der Waals surface area contributed by atoms with Crippen LogP contribution in [-0.2, 0) is 24.3 Å². The normalized spacial score (nSPS) is 11.0. The van der Waals surface area contributed by atoms with E-state index in [0.717, 1.165) is 23.8 Å². The fourth-order valence-corrected chi connectivity index (χ4v) is 3.92. The molecule has 0 saturated carbocycles. The largest absolute Gasteiger partial charge is 0.332 e. The highest BCUT2D eigenvalue weighted by Crippen LogP contribution is 2.13. The molecule has 4 rings (SSSR count). The van der Waals surface area contributed by atoms with Crippen molar-refractivity contribution >= 4 is 22.5 Å². The fraction of sp³-hybridized carbons (Fsp3) is 0.222. The average molecular weight is 460 g/mol. The van der Waals surface area contributed by atoms with Gasteiger partial charge in [0.25, 0.3) is 5.56 Å². The zero-order chi connectivity index (χ0) is 24.1. The predicted molar refractivity (Wildman–Crippen MR) is 132 cm³/mol. The molecule has 1 N–H and O–H groups in total. The number of fused-ring (bicyclic) bond motifs is 1. The number of nitrogens with one attached hydrogen (secondary N) is 1. The van der Waals surface area contributed by atoms with Crippen LogP contribution < -0.4 is 16.6 Å². The Kier molecular flexibility index (Phi) is 7.01.